The van der Waals surface area contributed by atoms with E-state index in [0.29, 0.717) is 6.42 Å². The summed E-state index contributed by atoms with van der Waals surface area (Å²) >= 11 is 0. The van der Waals surface area contributed by atoms with Gasteiger partial charge in [0.05, 0.1) is 13.0 Å². The van der Waals surface area contributed by atoms with Crippen molar-refractivity contribution >= 4 is 5.97 Å². The summed E-state index contributed by atoms with van der Waals surface area (Å²) in [6.07, 6.45) is 0.715. The lowest BCUT2D eigenvalue weighted by atomic mass is 10.0. The number of allylic oxidation sites excluding steroid dienone is 1. The molecule has 58 valence electrons. The standard InChI is InChI=1S/C8H14O2/c1-6(2)5-7(3)8(9)10-4/h7H,1,5H2,2-4H3. The Balaban J connectivity index is 3.72. The molecular formula is C8H14O2. The predicted molar refractivity (Wildman–Crippen MR) is 40.6 cm³/mol. The molecule has 0 amide bonds. The van der Waals surface area contributed by atoms with Gasteiger partial charge in [0.2, 0.25) is 0 Å². The second-order valence-electron chi connectivity index (χ2n) is 2.59. The van der Waals surface area contributed by atoms with Crippen molar-refractivity contribution in [1.29, 1.82) is 0 Å². The first-order valence-corrected chi connectivity index (χ1v) is 3.30. The summed E-state index contributed by atoms with van der Waals surface area (Å²) in [6, 6.07) is 0. The zero-order valence-electron chi connectivity index (χ0n) is 6.81. The van der Waals surface area contributed by atoms with E-state index in [1.54, 1.807) is 0 Å². The fourth-order valence-corrected chi connectivity index (χ4v) is 0.807. The van der Waals surface area contributed by atoms with Crippen LogP contribution in [0.15, 0.2) is 12.2 Å². The molecule has 0 aliphatic rings. The largest absolute Gasteiger partial charge is 0.469 e. The monoisotopic (exact) mass is 142 g/mol. The van der Waals surface area contributed by atoms with Gasteiger partial charge in [-0.2, -0.15) is 0 Å². The molecule has 0 aliphatic heterocycles. The van der Waals surface area contributed by atoms with Gasteiger partial charge < -0.3 is 4.74 Å². The molecule has 10 heavy (non-hydrogen) atoms. The van der Waals surface area contributed by atoms with Crippen molar-refractivity contribution in [3.63, 3.8) is 0 Å². The van der Waals surface area contributed by atoms with E-state index in [9.17, 15) is 4.79 Å². The fraction of sp³-hybridized carbons (Fsp3) is 0.625. The Morgan fingerprint density at radius 1 is 1.70 bits per heavy atom. The maximum absolute atomic E-state index is 10.8. The number of hydrogen-bond acceptors (Lipinski definition) is 2. The lowest BCUT2D eigenvalue weighted by molar-refractivity contribution is -0.144. The molecular weight excluding hydrogens is 128 g/mol. The maximum Gasteiger partial charge on any atom is 0.308 e. The molecule has 0 fully saturated rings. The fourth-order valence-electron chi connectivity index (χ4n) is 0.807. The molecule has 2 heteroatoms. The highest BCUT2D eigenvalue weighted by atomic mass is 16.5. The van der Waals surface area contributed by atoms with Crippen LogP contribution in [-0.2, 0) is 9.53 Å². The van der Waals surface area contributed by atoms with Crippen molar-refractivity contribution in [3.05, 3.63) is 12.2 Å². The molecule has 1 unspecified atom stereocenters. The summed E-state index contributed by atoms with van der Waals surface area (Å²) in [5.41, 5.74) is 1.01. The van der Waals surface area contributed by atoms with Crippen molar-refractivity contribution < 1.29 is 9.53 Å². The van der Waals surface area contributed by atoms with Crippen LogP contribution in [0.25, 0.3) is 0 Å². The zero-order valence-corrected chi connectivity index (χ0v) is 6.81. The van der Waals surface area contributed by atoms with Gasteiger partial charge >= 0.3 is 5.97 Å². The van der Waals surface area contributed by atoms with Crippen molar-refractivity contribution in [1.82, 2.24) is 0 Å². The lowest BCUT2D eigenvalue weighted by Crippen LogP contribution is -2.12. The molecule has 0 radical (unpaired) electrons. The Hall–Kier alpha value is -0.790. The Morgan fingerprint density at radius 3 is 2.50 bits per heavy atom. The molecule has 0 saturated carbocycles. The average Bonchev–Trinajstić information content (AvgIpc) is 1.85. The molecule has 0 N–H and O–H groups in total. The van der Waals surface area contributed by atoms with E-state index in [4.69, 9.17) is 0 Å². The first-order valence-electron chi connectivity index (χ1n) is 3.30. The Labute approximate surface area is 61.9 Å². The van der Waals surface area contributed by atoms with E-state index in [2.05, 4.69) is 11.3 Å². The Kier molecular flexibility index (Phi) is 3.77. The molecule has 0 aromatic rings. The zero-order chi connectivity index (χ0) is 8.15. The summed E-state index contributed by atoms with van der Waals surface area (Å²) in [5.74, 6) is -0.217. The van der Waals surface area contributed by atoms with Gasteiger partial charge in [-0.1, -0.05) is 12.5 Å². The summed E-state index contributed by atoms with van der Waals surface area (Å²) in [4.78, 5) is 10.8. The first-order chi connectivity index (χ1) is 4.57. The summed E-state index contributed by atoms with van der Waals surface area (Å²) in [6.45, 7) is 7.44. The third kappa shape index (κ3) is 3.28. The molecule has 0 aromatic carbocycles. The van der Waals surface area contributed by atoms with Crippen LogP contribution in [0.3, 0.4) is 0 Å². The van der Waals surface area contributed by atoms with Gasteiger partial charge in [0.1, 0.15) is 0 Å². The van der Waals surface area contributed by atoms with Crippen LogP contribution in [0.2, 0.25) is 0 Å². The maximum atomic E-state index is 10.8. The van der Waals surface area contributed by atoms with Crippen LogP contribution < -0.4 is 0 Å². The van der Waals surface area contributed by atoms with E-state index in [1.165, 1.54) is 7.11 Å². The van der Waals surface area contributed by atoms with Crippen LogP contribution >= 0.6 is 0 Å². The molecule has 0 spiro atoms. The second kappa shape index (κ2) is 4.09. The van der Waals surface area contributed by atoms with Crippen LogP contribution in [-0.4, -0.2) is 13.1 Å². The van der Waals surface area contributed by atoms with Crippen molar-refractivity contribution in [2.75, 3.05) is 7.11 Å². The number of hydrogen-bond donors (Lipinski definition) is 0. The van der Waals surface area contributed by atoms with E-state index in [-0.39, 0.29) is 11.9 Å². The highest BCUT2D eigenvalue weighted by Gasteiger charge is 2.11. The molecule has 0 heterocycles. The van der Waals surface area contributed by atoms with E-state index >= 15 is 0 Å². The number of methoxy groups -OCH3 is 1. The third-order valence-electron chi connectivity index (χ3n) is 1.26. The van der Waals surface area contributed by atoms with E-state index < -0.39 is 0 Å². The number of carbonyl (C=O) groups is 1. The number of rotatable bonds is 3. The SMILES string of the molecule is C=C(C)CC(C)C(=O)OC. The Bertz CT molecular complexity index is 138. The normalized spacial score (nSPS) is 12.3. The molecule has 1 atom stereocenters. The van der Waals surface area contributed by atoms with Gasteiger partial charge in [-0.05, 0) is 13.3 Å². The van der Waals surface area contributed by atoms with Gasteiger partial charge in [0.15, 0.2) is 0 Å². The number of esters is 1. The number of carbonyl (C=O) groups excluding carboxylic acids is 1. The van der Waals surface area contributed by atoms with Crippen molar-refractivity contribution in [2.24, 2.45) is 5.92 Å². The minimum absolute atomic E-state index is 0.0532. The minimum Gasteiger partial charge on any atom is -0.469 e. The lowest BCUT2D eigenvalue weighted by Gasteiger charge is -2.07. The van der Waals surface area contributed by atoms with Crippen LogP contribution in [0.1, 0.15) is 20.3 Å². The highest BCUT2D eigenvalue weighted by Crippen LogP contribution is 2.09. The van der Waals surface area contributed by atoms with Gasteiger partial charge in [0.25, 0.3) is 0 Å². The molecule has 0 bridgehead atoms. The highest BCUT2D eigenvalue weighted by molar-refractivity contribution is 5.72. The van der Waals surface area contributed by atoms with E-state index in [1.807, 2.05) is 13.8 Å². The molecule has 0 saturated heterocycles. The topological polar surface area (TPSA) is 26.3 Å². The first kappa shape index (κ1) is 9.21. The quantitative estimate of drug-likeness (QED) is 0.443. The van der Waals surface area contributed by atoms with Gasteiger partial charge in [-0.15, -0.1) is 6.58 Å². The second-order valence-corrected chi connectivity index (χ2v) is 2.59. The Morgan fingerprint density at radius 2 is 2.20 bits per heavy atom. The number of ether oxygens (including phenoxy) is 1. The smallest absolute Gasteiger partial charge is 0.308 e. The van der Waals surface area contributed by atoms with Gasteiger partial charge in [0, 0.05) is 0 Å². The summed E-state index contributed by atoms with van der Waals surface area (Å²) in [7, 11) is 1.40. The molecule has 0 rings (SSSR count). The average molecular weight is 142 g/mol. The predicted octanol–water partition coefficient (Wildman–Crippen LogP) is 1.76. The van der Waals surface area contributed by atoms with Crippen molar-refractivity contribution in [2.45, 2.75) is 20.3 Å². The molecule has 0 aromatic heterocycles. The van der Waals surface area contributed by atoms with Gasteiger partial charge in [-0.25, -0.2) is 0 Å². The summed E-state index contributed by atoms with van der Waals surface area (Å²) < 4.78 is 4.53. The van der Waals surface area contributed by atoms with Crippen LogP contribution in [0, 0.1) is 5.92 Å². The molecule has 2 nitrogen and oxygen atoms in total. The molecule has 0 aliphatic carbocycles. The van der Waals surface area contributed by atoms with Crippen molar-refractivity contribution in [3.8, 4) is 0 Å². The van der Waals surface area contributed by atoms with Crippen LogP contribution in [0.4, 0.5) is 0 Å². The summed E-state index contributed by atoms with van der Waals surface area (Å²) in [5, 5.41) is 0. The van der Waals surface area contributed by atoms with Gasteiger partial charge in [-0.3, -0.25) is 4.79 Å². The van der Waals surface area contributed by atoms with E-state index in [0.717, 1.165) is 5.57 Å². The minimum atomic E-state index is -0.164. The third-order valence-corrected chi connectivity index (χ3v) is 1.26. The van der Waals surface area contributed by atoms with Crippen LogP contribution in [0.5, 0.6) is 0 Å².